The molecule has 2 N–H and O–H groups in total. The fourth-order valence-corrected chi connectivity index (χ4v) is 4.60. The number of aromatic nitrogens is 2. The first kappa shape index (κ1) is 18.1. The van der Waals surface area contributed by atoms with Crippen LogP contribution in [0.3, 0.4) is 0 Å². The molecule has 0 radical (unpaired) electrons. The van der Waals surface area contributed by atoms with Gasteiger partial charge < -0.3 is 10.6 Å². The van der Waals surface area contributed by atoms with E-state index in [2.05, 4.69) is 17.2 Å². The van der Waals surface area contributed by atoms with E-state index in [0.29, 0.717) is 18.8 Å². The standard InChI is InChI=1S/C23H23FN4O/c24-16-9-11-17(12-10-16)28-21-8-4-7-18(21)22(26-28)23(29)27-13-19(20(25)14-27)15-5-2-1-3-6-15/h1-3,5-6,9-12,19-20H,4,7-8,13-14,25H2/t19-,20+/m0/s1. The summed E-state index contributed by atoms with van der Waals surface area (Å²) in [6.07, 6.45) is 2.72. The predicted octanol–water partition coefficient (Wildman–Crippen LogP) is 3.07. The minimum absolute atomic E-state index is 0.0575. The molecule has 2 heterocycles. The highest BCUT2D eigenvalue weighted by Gasteiger charge is 2.37. The number of benzene rings is 2. The van der Waals surface area contributed by atoms with Crippen molar-refractivity contribution in [2.75, 3.05) is 13.1 Å². The Morgan fingerprint density at radius 1 is 1.03 bits per heavy atom. The molecule has 6 heteroatoms. The average Bonchev–Trinajstić information content (AvgIpc) is 3.44. The summed E-state index contributed by atoms with van der Waals surface area (Å²) < 4.78 is 15.1. The first-order chi connectivity index (χ1) is 14.1. The maximum Gasteiger partial charge on any atom is 0.274 e. The Bertz CT molecular complexity index is 1040. The fourth-order valence-electron chi connectivity index (χ4n) is 4.60. The third-order valence-electron chi connectivity index (χ3n) is 6.08. The molecule has 29 heavy (non-hydrogen) atoms. The van der Waals surface area contributed by atoms with Crippen LogP contribution < -0.4 is 5.73 Å². The number of amides is 1. The van der Waals surface area contributed by atoms with Crippen LogP contribution in [0.5, 0.6) is 0 Å². The van der Waals surface area contributed by atoms with Gasteiger partial charge in [-0.2, -0.15) is 5.10 Å². The molecule has 2 atom stereocenters. The number of hydrogen-bond donors (Lipinski definition) is 1. The minimum atomic E-state index is -0.285. The lowest BCUT2D eigenvalue weighted by atomic mass is 9.95. The number of hydrogen-bond acceptors (Lipinski definition) is 3. The van der Waals surface area contributed by atoms with Gasteiger partial charge in [0.2, 0.25) is 0 Å². The van der Waals surface area contributed by atoms with Crippen molar-refractivity contribution in [1.82, 2.24) is 14.7 Å². The Kier molecular flexibility index (Phi) is 4.43. The molecule has 1 aliphatic heterocycles. The molecule has 0 bridgehead atoms. The van der Waals surface area contributed by atoms with Crippen LogP contribution in [0.25, 0.3) is 5.69 Å². The van der Waals surface area contributed by atoms with Gasteiger partial charge in [0.05, 0.1) is 5.69 Å². The third-order valence-corrected chi connectivity index (χ3v) is 6.08. The maximum absolute atomic E-state index is 13.4. The van der Waals surface area contributed by atoms with E-state index in [-0.39, 0.29) is 23.7 Å². The van der Waals surface area contributed by atoms with Crippen molar-refractivity contribution in [2.45, 2.75) is 31.2 Å². The topological polar surface area (TPSA) is 64.2 Å². The molecule has 3 aromatic rings. The molecular formula is C23H23FN4O. The highest BCUT2D eigenvalue weighted by Crippen LogP contribution is 2.31. The van der Waals surface area contributed by atoms with Crippen LogP contribution in [0, 0.1) is 5.82 Å². The van der Waals surface area contributed by atoms with E-state index in [4.69, 9.17) is 5.73 Å². The van der Waals surface area contributed by atoms with Crippen LogP contribution in [-0.4, -0.2) is 39.7 Å². The third kappa shape index (κ3) is 3.13. The first-order valence-corrected chi connectivity index (χ1v) is 10.1. The van der Waals surface area contributed by atoms with Crippen molar-refractivity contribution >= 4 is 5.91 Å². The zero-order valence-electron chi connectivity index (χ0n) is 16.1. The number of halogens is 1. The van der Waals surface area contributed by atoms with Crippen molar-refractivity contribution in [3.05, 3.63) is 82.9 Å². The summed E-state index contributed by atoms with van der Waals surface area (Å²) in [5.74, 6) is -0.211. The van der Waals surface area contributed by atoms with Crippen molar-refractivity contribution in [3.63, 3.8) is 0 Å². The van der Waals surface area contributed by atoms with E-state index in [0.717, 1.165) is 41.8 Å². The van der Waals surface area contributed by atoms with E-state index >= 15 is 0 Å². The Morgan fingerprint density at radius 3 is 2.55 bits per heavy atom. The summed E-state index contributed by atoms with van der Waals surface area (Å²) in [4.78, 5) is 15.2. The summed E-state index contributed by atoms with van der Waals surface area (Å²) in [5, 5.41) is 4.66. The van der Waals surface area contributed by atoms with Gasteiger partial charge in [-0.1, -0.05) is 30.3 Å². The Hall–Kier alpha value is -2.99. The average molecular weight is 390 g/mol. The van der Waals surface area contributed by atoms with Crippen LogP contribution in [0.15, 0.2) is 54.6 Å². The van der Waals surface area contributed by atoms with E-state index in [1.54, 1.807) is 16.8 Å². The lowest BCUT2D eigenvalue weighted by molar-refractivity contribution is 0.0782. The van der Waals surface area contributed by atoms with E-state index in [1.807, 2.05) is 23.1 Å². The molecule has 148 valence electrons. The van der Waals surface area contributed by atoms with Crippen LogP contribution in [-0.2, 0) is 12.8 Å². The summed E-state index contributed by atoms with van der Waals surface area (Å²) >= 11 is 0. The highest BCUT2D eigenvalue weighted by molar-refractivity contribution is 5.94. The second-order valence-electron chi connectivity index (χ2n) is 7.91. The number of carbonyl (C=O) groups excluding carboxylic acids is 1. The molecule has 5 rings (SSSR count). The maximum atomic E-state index is 13.4. The SMILES string of the molecule is N[C@@H]1CN(C(=O)c2nn(-c3ccc(F)cc3)c3c2CCC3)C[C@H]1c1ccccc1. The quantitative estimate of drug-likeness (QED) is 0.748. The number of carbonyl (C=O) groups is 1. The van der Waals surface area contributed by atoms with Crippen LogP contribution in [0.4, 0.5) is 4.39 Å². The Balaban J connectivity index is 1.45. The van der Waals surface area contributed by atoms with Crippen molar-refractivity contribution in [1.29, 1.82) is 0 Å². The number of rotatable bonds is 3. The molecule has 1 saturated heterocycles. The Labute approximate surface area is 168 Å². The molecule has 5 nitrogen and oxygen atoms in total. The van der Waals surface area contributed by atoms with Gasteiger partial charge in [-0.3, -0.25) is 4.79 Å². The second-order valence-corrected chi connectivity index (χ2v) is 7.91. The molecule has 1 aliphatic carbocycles. The molecule has 2 aromatic carbocycles. The lowest BCUT2D eigenvalue weighted by Gasteiger charge is -2.16. The van der Waals surface area contributed by atoms with Crippen molar-refractivity contribution in [3.8, 4) is 5.69 Å². The van der Waals surface area contributed by atoms with Gasteiger partial charge >= 0.3 is 0 Å². The molecule has 0 saturated carbocycles. The number of fused-ring (bicyclic) bond motifs is 1. The summed E-state index contributed by atoms with van der Waals surface area (Å²) in [6.45, 7) is 1.12. The number of likely N-dealkylation sites (tertiary alicyclic amines) is 1. The molecule has 0 spiro atoms. The highest BCUT2D eigenvalue weighted by atomic mass is 19.1. The van der Waals surface area contributed by atoms with E-state index in [1.165, 1.54) is 12.1 Å². The normalized spacial score (nSPS) is 20.8. The molecular weight excluding hydrogens is 367 g/mol. The molecule has 2 aliphatic rings. The smallest absolute Gasteiger partial charge is 0.274 e. The van der Waals surface area contributed by atoms with Gasteiger partial charge in [0.15, 0.2) is 5.69 Å². The summed E-state index contributed by atoms with van der Waals surface area (Å²) in [6, 6.07) is 16.3. The van der Waals surface area contributed by atoms with Crippen LogP contribution in [0.1, 0.15) is 39.6 Å². The van der Waals surface area contributed by atoms with Crippen molar-refractivity contribution < 1.29 is 9.18 Å². The molecule has 1 aromatic heterocycles. The van der Waals surface area contributed by atoms with Gasteiger partial charge in [-0.25, -0.2) is 9.07 Å². The van der Waals surface area contributed by atoms with Gasteiger partial charge in [0.1, 0.15) is 5.82 Å². The minimum Gasteiger partial charge on any atom is -0.335 e. The van der Waals surface area contributed by atoms with Crippen molar-refractivity contribution in [2.24, 2.45) is 5.73 Å². The fraction of sp³-hybridized carbons (Fsp3) is 0.304. The first-order valence-electron chi connectivity index (χ1n) is 10.1. The largest absolute Gasteiger partial charge is 0.335 e. The summed E-state index contributed by atoms with van der Waals surface area (Å²) in [5.41, 5.74) is 10.9. The molecule has 1 amide bonds. The van der Waals surface area contributed by atoms with Crippen LogP contribution in [0.2, 0.25) is 0 Å². The van der Waals surface area contributed by atoms with E-state index in [9.17, 15) is 9.18 Å². The van der Waals surface area contributed by atoms with Gasteiger partial charge in [0.25, 0.3) is 5.91 Å². The number of nitrogens with zero attached hydrogens (tertiary/aromatic N) is 3. The monoisotopic (exact) mass is 390 g/mol. The van der Waals surface area contributed by atoms with E-state index < -0.39 is 0 Å². The lowest BCUT2D eigenvalue weighted by Crippen LogP contribution is -2.32. The zero-order chi connectivity index (χ0) is 20.0. The second kappa shape index (κ2) is 7.12. The van der Waals surface area contributed by atoms with Crippen LogP contribution >= 0.6 is 0 Å². The van der Waals surface area contributed by atoms with Gasteiger partial charge in [-0.05, 0) is 49.1 Å². The number of nitrogens with two attached hydrogens (primary N) is 1. The Morgan fingerprint density at radius 2 is 1.79 bits per heavy atom. The van der Waals surface area contributed by atoms with Gasteiger partial charge in [-0.15, -0.1) is 0 Å². The van der Waals surface area contributed by atoms with Gasteiger partial charge in [0, 0.05) is 36.3 Å². The zero-order valence-corrected chi connectivity index (χ0v) is 16.1. The summed E-state index contributed by atoms with van der Waals surface area (Å²) in [7, 11) is 0. The predicted molar refractivity (Wildman–Crippen MR) is 109 cm³/mol. The molecule has 1 fully saturated rings. The molecule has 0 unspecified atom stereocenters.